The maximum atomic E-state index is 14.1. The van der Waals surface area contributed by atoms with E-state index in [-0.39, 0.29) is 5.82 Å². The lowest BCUT2D eigenvalue weighted by atomic mass is 9.92. The number of aryl methyl sites for hydroxylation is 3. The van der Waals surface area contributed by atoms with Gasteiger partial charge in [0.15, 0.2) is 0 Å². The summed E-state index contributed by atoms with van der Waals surface area (Å²) in [6.07, 6.45) is 6.20. The third kappa shape index (κ3) is 3.72. The number of anilines is 2. The van der Waals surface area contributed by atoms with Crippen molar-refractivity contribution in [2.24, 2.45) is 0 Å². The van der Waals surface area contributed by atoms with Crippen LogP contribution >= 0.6 is 0 Å². The molecule has 3 aromatic rings. The first-order valence-electron chi connectivity index (χ1n) is 9.64. The number of fused-ring (bicyclic) bond motifs is 2. The number of pyridine rings is 2. The van der Waals surface area contributed by atoms with Crippen molar-refractivity contribution in [2.45, 2.75) is 39.5 Å². The summed E-state index contributed by atoms with van der Waals surface area (Å²) in [4.78, 5) is 9.13. The van der Waals surface area contributed by atoms with Crippen molar-refractivity contribution in [3.8, 4) is 0 Å². The molecule has 1 aliphatic carbocycles. The molecule has 2 aromatic heterocycles. The zero-order valence-corrected chi connectivity index (χ0v) is 15.9. The van der Waals surface area contributed by atoms with Gasteiger partial charge in [-0.25, -0.2) is 9.37 Å². The topological polar surface area (TPSA) is 49.8 Å². The van der Waals surface area contributed by atoms with Crippen molar-refractivity contribution in [1.29, 1.82) is 0 Å². The lowest BCUT2D eigenvalue weighted by Crippen LogP contribution is -2.17. The molecular formula is C22H25FN4. The van der Waals surface area contributed by atoms with Crippen LogP contribution in [0.15, 0.2) is 30.5 Å². The summed E-state index contributed by atoms with van der Waals surface area (Å²) in [6, 6.07) is 7.53. The fraction of sp³-hybridized carbons (Fsp3) is 0.364. The first kappa shape index (κ1) is 17.7. The first-order valence-corrected chi connectivity index (χ1v) is 9.64. The van der Waals surface area contributed by atoms with Crippen LogP contribution in [-0.4, -0.2) is 23.1 Å². The fourth-order valence-electron chi connectivity index (χ4n) is 3.71. The Hall–Kier alpha value is -2.69. The molecule has 0 spiro atoms. The second-order valence-corrected chi connectivity index (χ2v) is 7.31. The Kier molecular flexibility index (Phi) is 4.92. The second-order valence-electron chi connectivity index (χ2n) is 7.31. The van der Waals surface area contributed by atoms with E-state index >= 15 is 0 Å². The second kappa shape index (κ2) is 7.51. The highest BCUT2D eigenvalue weighted by Gasteiger charge is 2.19. The molecule has 0 fully saturated rings. The molecule has 0 unspecified atom stereocenters. The van der Waals surface area contributed by atoms with Gasteiger partial charge in [-0.2, -0.15) is 0 Å². The molecule has 4 rings (SSSR count). The molecule has 2 heterocycles. The molecule has 0 saturated heterocycles. The Labute approximate surface area is 159 Å². The minimum absolute atomic E-state index is 0.191. The fourth-order valence-corrected chi connectivity index (χ4v) is 3.71. The number of hydrogen-bond donors (Lipinski definition) is 2. The molecule has 0 bridgehead atoms. The summed E-state index contributed by atoms with van der Waals surface area (Å²) in [5.74, 6) is 0.686. The van der Waals surface area contributed by atoms with Crippen LogP contribution in [0.5, 0.6) is 0 Å². The van der Waals surface area contributed by atoms with Gasteiger partial charge in [0.2, 0.25) is 0 Å². The predicted molar refractivity (Wildman–Crippen MR) is 109 cm³/mol. The monoisotopic (exact) mass is 364 g/mol. The van der Waals surface area contributed by atoms with E-state index in [0.717, 1.165) is 66.0 Å². The normalized spacial score (nSPS) is 13.4. The van der Waals surface area contributed by atoms with Crippen molar-refractivity contribution < 1.29 is 4.39 Å². The largest absolute Gasteiger partial charge is 0.382 e. The molecule has 2 N–H and O–H groups in total. The Morgan fingerprint density at radius 2 is 1.85 bits per heavy atom. The summed E-state index contributed by atoms with van der Waals surface area (Å²) in [5.41, 5.74) is 6.09. The van der Waals surface area contributed by atoms with Gasteiger partial charge >= 0.3 is 0 Å². The van der Waals surface area contributed by atoms with Gasteiger partial charge in [0.05, 0.1) is 5.52 Å². The maximum absolute atomic E-state index is 14.1. The standard InChI is InChI=1S/C22H25FN4/c1-14-7-8-21(26-13-14)24-9-10-25-22-16-5-3-4-6-19(16)27-20-12-18(23)15(2)11-17(20)22/h7-8,11-13H,3-6,9-10H2,1-2H3,(H,24,26)(H,25,27). The molecule has 140 valence electrons. The number of nitrogens with zero attached hydrogens (tertiary/aromatic N) is 2. The molecule has 0 radical (unpaired) electrons. The van der Waals surface area contributed by atoms with Gasteiger partial charge in [0.25, 0.3) is 0 Å². The third-order valence-electron chi connectivity index (χ3n) is 5.19. The highest BCUT2D eigenvalue weighted by atomic mass is 19.1. The zero-order valence-electron chi connectivity index (χ0n) is 15.9. The number of benzene rings is 1. The summed E-state index contributed by atoms with van der Waals surface area (Å²) in [7, 11) is 0. The van der Waals surface area contributed by atoms with E-state index in [2.05, 4.69) is 15.6 Å². The molecule has 27 heavy (non-hydrogen) atoms. The van der Waals surface area contributed by atoms with Gasteiger partial charge in [0.1, 0.15) is 11.6 Å². The van der Waals surface area contributed by atoms with Crippen LogP contribution in [0, 0.1) is 19.7 Å². The molecule has 0 amide bonds. The van der Waals surface area contributed by atoms with Crippen LogP contribution in [0.2, 0.25) is 0 Å². The summed E-state index contributed by atoms with van der Waals surface area (Å²) in [6.45, 7) is 5.36. The van der Waals surface area contributed by atoms with Crippen LogP contribution in [0.25, 0.3) is 10.9 Å². The Morgan fingerprint density at radius 3 is 2.67 bits per heavy atom. The van der Waals surface area contributed by atoms with Crippen molar-refractivity contribution in [3.05, 3.63) is 58.7 Å². The van der Waals surface area contributed by atoms with E-state index in [9.17, 15) is 4.39 Å². The zero-order chi connectivity index (χ0) is 18.8. The van der Waals surface area contributed by atoms with Crippen LogP contribution < -0.4 is 10.6 Å². The Balaban J connectivity index is 1.57. The summed E-state index contributed by atoms with van der Waals surface area (Å²) >= 11 is 0. The predicted octanol–water partition coefficient (Wildman–Crippen LogP) is 4.79. The Bertz CT molecular complexity index is 966. The summed E-state index contributed by atoms with van der Waals surface area (Å²) < 4.78 is 14.1. The van der Waals surface area contributed by atoms with E-state index in [1.807, 2.05) is 38.2 Å². The minimum atomic E-state index is -0.191. The SMILES string of the molecule is Cc1ccc(NCCNc2c3c(nc4cc(F)c(C)cc24)CCCC3)nc1. The van der Waals surface area contributed by atoms with Gasteiger partial charge < -0.3 is 10.6 Å². The van der Waals surface area contributed by atoms with Gasteiger partial charge in [0, 0.05) is 42.1 Å². The van der Waals surface area contributed by atoms with Crippen LogP contribution in [0.1, 0.15) is 35.2 Å². The average Bonchev–Trinajstić information content (AvgIpc) is 2.67. The molecule has 4 nitrogen and oxygen atoms in total. The minimum Gasteiger partial charge on any atom is -0.382 e. The smallest absolute Gasteiger partial charge is 0.128 e. The van der Waals surface area contributed by atoms with Crippen molar-refractivity contribution in [1.82, 2.24) is 9.97 Å². The number of rotatable bonds is 5. The van der Waals surface area contributed by atoms with Gasteiger partial charge in [-0.1, -0.05) is 6.07 Å². The van der Waals surface area contributed by atoms with Gasteiger partial charge in [-0.15, -0.1) is 0 Å². The maximum Gasteiger partial charge on any atom is 0.128 e. The molecular weight excluding hydrogens is 339 g/mol. The third-order valence-corrected chi connectivity index (χ3v) is 5.19. The molecule has 0 aliphatic heterocycles. The van der Waals surface area contributed by atoms with Crippen molar-refractivity contribution >= 4 is 22.4 Å². The van der Waals surface area contributed by atoms with Gasteiger partial charge in [-0.05, 0) is 68.4 Å². The van der Waals surface area contributed by atoms with E-state index < -0.39 is 0 Å². The van der Waals surface area contributed by atoms with Crippen molar-refractivity contribution in [2.75, 3.05) is 23.7 Å². The molecule has 1 aliphatic rings. The lowest BCUT2D eigenvalue weighted by Gasteiger charge is -2.22. The lowest BCUT2D eigenvalue weighted by molar-refractivity contribution is 0.619. The van der Waals surface area contributed by atoms with E-state index in [4.69, 9.17) is 4.98 Å². The van der Waals surface area contributed by atoms with Crippen LogP contribution in [0.4, 0.5) is 15.9 Å². The quantitative estimate of drug-likeness (QED) is 0.639. The van der Waals surface area contributed by atoms with Crippen molar-refractivity contribution in [3.63, 3.8) is 0 Å². The highest BCUT2D eigenvalue weighted by molar-refractivity contribution is 5.94. The number of hydrogen-bond acceptors (Lipinski definition) is 4. The molecule has 0 saturated carbocycles. The molecule has 0 atom stereocenters. The average molecular weight is 364 g/mol. The van der Waals surface area contributed by atoms with E-state index in [1.54, 1.807) is 6.07 Å². The molecule has 5 heteroatoms. The van der Waals surface area contributed by atoms with Crippen LogP contribution in [-0.2, 0) is 12.8 Å². The number of aromatic nitrogens is 2. The number of halogens is 1. The van der Waals surface area contributed by atoms with Gasteiger partial charge in [-0.3, -0.25) is 4.98 Å². The van der Waals surface area contributed by atoms with E-state index in [0.29, 0.717) is 5.56 Å². The van der Waals surface area contributed by atoms with Crippen LogP contribution in [0.3, 0.4) is 0 Å². The number of nitrogens with one attached hydrogen (secondary N) is 2. The highest BCUT2D eigenvalue weighted by Crippen LogP contribution is 2.34. The first-order chi connectivity index (χ1) is 13.1. The Morgan fingerprint density at radius 1 is 1.04 bits per heavy atom. The summed E-state index contributed by atoms with van der Waals surface area (Å²) in [5, 5.41) is 7.95. The van der Waals surface area contributed by atoms with E-state index in [1.165, 1.54) is 12.0 Å². The molecule has 1 aromatic carbocycles.